The second-order valence-electron chi connectivity index (χ2n) is 6.46. The maximum absolute atomic E-state index is 11.8. The van der Waals surface area contributed by atoms with Crippen LogP contribution < -0.4 is 10.1 Å². The van der Waals surface area contributed by atoms with Gasteiger partial charge in [0.1, 0.15) is 18.5 Å². The van der Waals surface area contributed by atoms with Crippen LogP contribution in [0.25, 0.3) is 0 Å². The predicted octanol–water partition coefficient (Wildman–Crippen LogP) is 3.26. The van der Waals surface area contributed by atoms with E-state index < -0.39 is 12.2 Å². The Hall–Kier alpha value is -1.79. The van der Waals surface area contributed by atoms with Gasteiger partial charge in [0.05, 0.1) is 6.61 Å². The highest BCUT2D eigenvalue weighted by Gasteiger charge is 2.16. The summed E-state index contributed by atoms with van der Waals surface area (Å²) in [6, 6.07) is 7.17. The summed E-state index contributed by atoms with van der Waals surface area (Å²) in [6.07, 6.45) is 4.50. The van der Waals surface area contributed by atoms with E-state index in [1.165, 1.54) is 19.3 Å². The molecule has 2 rings (SSSR count). The Balaban J connectivity index is 1.65. The molecule has 6 heteroatoms. The fourth-order valence-electron chi connectivity index (χ4n) is 2.79. The molecule has 0 radical (unpaired) electrons. The van der Waals surface area contributed by atoms with Crippen molar-refractivity contribution in [3.8, 4) is 5.75 Å². The molecule has 2 N–H and O–H groups in total. The number of aliphatic hydroxyl groups is 1. The van der Waals surface area contributed by atoms with Crippen molar-refractivity contribution in [2.45, 2.75) is 45.1 Å². The van der Waals surface area contributed by atoms with Crippen LogP contribution >= 0.6 is 0 Å². The van der Waals surface area contributed by atoms with Gasteiger partial charge in [-0.2, -0.15) is 0 Å². The van der Waals surface area contributed by atoms with E-state index in [1.807, 2.05) is 12.1 Å². The fourth-order valence-corrected chi connectivity index (χ4v) is 2.79. The molecule has 1 aliphatic rings. The molecule has 1 heterocycles. The first kappa shape index (κ1) is 19.5. The van der Waals surface area contributed by atoms with Crippen molar-refractivity contribution in [2.75, 3.05) is 38.2 Å². The molecule has 140 valence electrons. The zero-order valence-corrected chi connectivity index (χ0v) is 15.1. The average molecular weight is 350 g/mol. The number of likely N-dealkylation sites (tertiary alicyclic amines) is 1. The Kier molecular flexibility index (Phi) is 8.55. The Labute approximate surface area is 150 Å². The number of β-amino-alcohol motifs (C(OH)–C–C–N with tert-alkyl or cyclic N) is 1. The van der Waals surface area contributed by atoms with Crippen LogP contribution in [0.5, 0.6) is 5.75 Å². The van der Waals surface area contributed by atoms with Crippen LogP contribution in [-0.2, 0) is 4.74 Å². The lowest BCUT2D eigenvalue weighted by Gasteiger charge is -2.28. The summed E-state index contributed by atoms with van der Waals surface area (Å²) in [6.45, 7) is 5.38. The average Bonchev–Trinajstić information content (AvgIpc) is 2.63. The van der Waals surface area contributed by atoms with Crippen LogP contribution in [0.4, 0.5) is 10.5 Å². The van der Waals surface area contributed by atoms with Crippen molar-refractivity contribution < 1.29 is 19.4 Å². The van der Waals surface area contributed by atoms with Crippen molar-refractivity contribution in [2.24, 2.45) is 0 Å². The number of benzene rings is 1. The highest BCUT2D eigenvalue weighted by molar-refractivity contribution is 5.84. The van der Waals surface area contributed by atoms with Gasteiger partial charge in [0, 0.05) is 12.2 Å². The van der Waals surface area contributed by atoms with Crippen LogP contribution in [0, 0.1) is 0 Å². The summed E-state index contributed by atoms with van der Waals surface area (Å²) in [5, 5.41) is 12.6. The number of hydrogen-bond acceptors (Lipinski definition) is 5. The molecule has 0 aromatic heterocycles. The molecule has 1 aromatic carbocycles. The summed E-state index contributed by atoms with van der Waals surface area (Å²) in [5.74, 6) is 0.782. The van der Waals surface area contributed by atoms with Gasteiger partial charge in [0.25, 0.3) is 0 Å². The molecule has 1 amide bonds. The SMILES string of the molecule is CCCCOc1ccc(NC(=O)OCC(O)CN2CCCCC2)cc1. The van der Waals surface area contributed by atoms with E-state index in [1.54, 1.807) is 12.1 Å². The molecule has 25 heavy (non-hydrogen) atoms. The third-order valence-corrected chi connectivity index (χ3v) is 4.19. The molecule has 0 saturated carbocycles. The Morgan fingerprint density at radius 1 is 1.24 bits per heavy atom. The van der Waals surface area contributed by atoms with Gasteiger partial charge in [-0.3, -0.25) is 5.32 Å². The molecule has 0 bridgehead atoms. The highest BCUT2D eigenvalue weighted by atomic mass is 16.6. The Morgan fingerprint density at radius 3 is 2.64 bits per heavy atom. The smallest absolute Gasteiger partial charge is 0.411 e. The van der Waals surface area contributed by atoms with Gasteiger partial charge in [-0.15, -0.1) is 0 Å². The third kappa shape index (κ3) is 7.75. The molecule has 0 aliphatic carbocycles. The fraction of sp³-hybridized carbons (Fsp3) is 0.632. The first-order valence-corrected chi connectivity index (χ1v) is 9.24. The van der Waals surface area contributed by atoms with Crippen molar-refractivity contribution in [1.29, 1.82) is 0 Å². The first-order chi connectivity index (χ1) is 12.2. The first-order valence-electron chi connectivity index (χ1n) is 9.24. The lowest BCUT2D eigenvalue weighted by molar-refractivity contribution is 0.0437. The zero-order chi connectivity index (χ0) is 17.9. The number of ether oxygens (including phenoxy) is 2. The van der Waals surface area contributed by atoms with Gasteiger partial charge < -0.3 is 19.5 Å². The van der Waals surface area contributed by atoms with E-state index in [9.17, 15) is 9.90 Å². The van der Waals surface area contributed by atoms with Crippen molar-refractivity contribution in [1.82, 2.24) is 4.90 Å². The minimum absolute atomic E-state index is 0.000541. The summed E-state index contributed by atoms with van der Waals surface area (Å²) in [4.78, 5) is 14.0. The minimum atomic E-state index is -0.654. The van der Waals surface area contributed by atoms with Crippen LogP contribution in [0.15, 0.2) is 24.3 Å². The third-order valence-electron chi connectivity index (χ3n) is 4.19. The number of nitrogens with zero attached hydrogens (tertiary/aromatic N) is 1. The van der Waals surface area contributed by atoms with E-state index in [-0.39, 0.29) is 6.61 Å². The van der Waals surface area contributed by atoms with E-state index in [2.05, 4.69) is 17.1 Å². The summed E-state index contributed by atoms with van der Waals surface area (Å²) >= 11 is 0. The number of unbranched alkanes of at least 4 members (excludes halogenated alkanes) is 1. The molecular formula is C19H30N2O4. The van der Waals surface area contributed by atoms with Gasteiger partial charge in [0.15, 0.2) is 0 Å². The number of anilines is 1. The van der Waals surface area contributed by atoms with Gasteiger partial charge in [-0.25, -0.2) is 4.79 Å². The number of amides is 1. The maximum atomic E-state index is 11.8. The normalized spacial score (nSPS) is 16.2. The second-order valence-corrected chi connectivity index (χ2v) is 6.46. The Bertz CT molecular complexity index is 501. The molecule has 1 saturated heterocycles. The molecule has 1 aliphatic heterocycles. The van der Waals surface area contributed by atoms with Crippen LogP contribution in [0.1, 0.15) is 39.0 Å². The summed E-state index contributed by atoms with van der Waals surface area (Å²) in [7, 11) is 0. The number of carbonyl (C=O) groups excluding carboxylic acids is 1. The highest BCUT2D eigenvalue weighted by Crippen LogP contribution is 2.16. The van der Waals surface area contributed by atoms with Crippen LogP contribution in [-0.4, -0.2) is 55.1 Å². The standard InChI is InChI=1S/C19H30N2O4/c1-2-3-13-24-18-9-7-16(8-10-18)20-19(23)25-15-17(22)14-21-11-5-4-6-12-21/h7-10,17,22H,2-6,11-15H2,1H3,(H,20,23). The topological polar surface area (TPSA) is 71.0 Å². The molecule has 1 unspecified atom stereocenters. The molecular weight excluding hydrogens is 320 g/mol. The van der Waals surface area contributed by atoms with E-state index >= 15 is 0 Å². The van der Waals surface area contributed by atoms with E-state index in [0.717, 1.165) is 31.7 Å². The van der Waals surface area contributed by atoms with Gasteiger partial charge >= 0.3 is 6.09 Å². The zero-order valence-electron chi connectivity index (χ0n) is 15.1. The maximum Gasteiger partial charge on any atom is 0.411 e. The number of rotatable bonds is 9. The van der Waals surface area contributed by atoms with Crippen molar-refractivity contribution in [3.63, 3.8) is 0 Å². The quantitative estimate of drug-likeness (QED) is 0.669. The van der Waals surface area contributed by atoms with Crippen molar-refractivity contribution in [3.05, 3.63) is 24.3 Å². The largest absolute Gasteiger partial charge is 0.494 e. The summed E-state index contributed by atoms with van der Waals surface area (Å²) < 4.78 is 10.7. The summed E-state index contributed by atoms with van der Waals surface area (Å²) in [5.41, 5.74) is 0.637. The number of piperidine rings is 1. The lowest BCUT2D eigenvalue weighted by Crippen LogP contribution is -2.38. The molecule has 6 nitrogen and oxygen atoms in total. The van der Waals surface area contributed by atoms with Crippen LogP contribution in [0.2, 0.25) is 0 Å². The van der Waals surface area contributed by atoms with Gasteiger partial charge in [-0.05, 0) is 56.6 Å². The van der Waals surface area contributed by atoms with Gasteiger partial charge in [0.2, 0.25) is 0 Å². The number of nitrogens with one attached hydrogen (secondary N) is 1. The number of aliphatic hydroxyl groups excluding tert-OH is 1. The van der Waals surface area contributed by atoms with E-state index in [0.29, 0.717) is 18.8 Å². The minimum Gasteiger partial charge on any atom is -0.494 e. The second kappa shape index (κ2) is 10.9. The Morgan fingerprint density at radius 2 is 1.96 bits per heavy atom. The molecule has 1 fully saturated rings. The number of carbonyl (C=O) groups is 1. The lowest BCUT2D eigenvalue weighted by atomic mass is 10.1. The molecule has 1 atom stereocenters. The predicted molar refractivity (Wildman–Crippen MR) is 98.1 cm³/mol. The van der Waals surface area contributed by atoms with Gasteiger partial charge in [-0.1, -0.05) is 19.8 Å². The number of hydrogen-bond donors (Lipinski definition) is 2. The van der Waals surface area contributed by atoms with Crippen molar-refractivity contribution >= 4 is 11.8 Å². The van der Waals surface area contributed by atoms with Crippen LogP contribution in [0.3, 0.4) is 0 Å². The molecule has 0 spiro atoms. The monoisotopic (exact) mass is 350 g/mol. The molecule has 1 aromatic rings. The van der Waals surface area contributed by atoms with E-state index in [4.69, 9.17) is 9.47 Å².